The number of aryl methyl sites for hydroxylation is 2. The second-order valence-electron chi connectivity index (χ2n) is 4.82. The van der Waals surface area contributed by atoms with Crippen molar-refractivity contribution >= 4 is 11.6 Å². The lowest BCUT2D eigenvalue weighted by molar-refractivity contribution is 0.509. The Bertz CT molecular complexity index is 565. The van der Waals surface area contributed by atoms with Gasteiger partial charge in [0, 0.05) is 24.0 Å². The summed E-state index contributed by atoms with van der Waals surface area (Å²) in [6.45, 7) is 7.93. The maximum atomic E-state index is 6.24. The Labute approximate surface area is 125 Å². The highest BCUT2D eigenvalue weighted by molar-refractivity contribution is 6.31. The summed E-state index contributed by atoms with van der Waals surface area (Å²) in [5.41, 5.74) is 2.29. The average Bonchev–Trinajstić information content (AvgIpc) is 2.88. The van der Waals surface area contributed by atoms with E-state index in [4.69, 9.17) is 11.6 Å². The Hall–Kier alpha value is -1.39. The number of nitrogens with zero attached hydrogens (tertiary/aromatic N) is 3. The minimum absolute atomic E-state index is 0.201. The molecule has 0 saturated heterocycles. The SMILES string of the molecule is CCNC(Cc1ncnn1CC)c1ccc(C)c(Cl)c1. The Balaban J connectivity index is 2.24. The topological polar surface area (TPSA) is 42.7 Å². The van der Waals surface area contributed by atoms with Gasteiger partial charge in [-0.25, -0.2) is 4.98 Å². The van der Waals surface area contributed by atoms with Crippen LogP contribution in [0.5, 0.6) is 0 Å². The largest absolute Gasteiger partial charge is 0.310 e. The van der Waals surface area contributed by atoms with Crippen molar-refractivity contribution in [1.29, 1.82) is 0 Å². The smallest absolute Gasteiger partial charge is 0.138 e. The van der Waals surface area contributed by atoms with E-state index in [1.165, 1.54) is 5.56 Å². The van der Waals surface area contributed by atoms with E-state index in [2.05, 4.69) is 41.4 Å². The molecule has 0 amide bonds. The second kappa shape index (κ2) is 6.86. The lowest BCUT2D eigenvalue weighted by Crippen LogP contribution is -2.24. The Morgan fingerprint density at radius 1 is 1.35 bits per heavy atom. The van der Waals surface area contributed by atoms with Gasteiger partial charge in [0.15, 0.2) is 0 Å². The van der Waals surface area contributed by atoms with Gasteiger partial charge in [-0.3, -0.25) is 4.68 Å². The number of rotatable bonds is 6. The summed E-state index contributed by atoms with van der Waals surface area (Å²) in [4.78, 5) is 4.35. The molecule has 1 atom stereocenters. The molecule has 108 valence electrons. The van der Waals surface area contributed by atoms with Crippen LogP contribution in [0.1, 0.15) is 36.8 Å². The molecule has 0 saturated carbocycles. The summed E-state index contributed by atoms with van der Waals surface area (Å²) >= 11 is 6.24. The number of likely N-dealkylation sites (N-methyl/N-ethyl adjacent to an activating group) is 1. The van der Waals surface area contributed by atoms with Gasteiger partial charge < -0.3 is 5.32 Å². The first-order valence-electron chi connectivity index (χ1n) is 7.01. The second-order valence-corrected chi connectivity index (χ2v) is 5.22. The standard InChI is InChI=1S/C15H21ClN4/c1-4-17-14(9-15-18-10-19-20(15)5-2)12-7-6-11(3)13(16)8-12/h6-8,10,14,17H,4-5,9H2,1-3H3. The molecule has 0 aliphatic heterocycles. The zero-order valence-electron chi connectivity index (χ0n) is 12.2. The van der Waals surface area contributed by atoms with E-state index in [1.807, 2.05) is 17.7 Å². The van der Waals surface area contributed by atoms with Gasteiger partial charge in [-0.15, -0.1) is 0 Å². The first kappa shape index (κ1) is 15.0. The first-order chi connectivity index (χ1) is 9.65. The summed E-state index contributed by atoms with van der Waals surface area (Å²) in [5.74, 6) is 0.996. The van der Waals surface area contributed by atoms with E-state index >= 15 is 0 Å². The highest BCUT2D eigenvalue weighted by Gasteiger charge is 2.15. The normalized spacial score (nSPS) is 12.6. The molecular weight excluding hydrogens is 272 g/mol. The van der Waals surface area contributed by atoms with Gasteiger partial charge in [-0.05, 0) is 37.6 Å². The molecule has 5 heteroatoms. The van der Waals surface area contributed by atoms with E-state index in [1.54, 1.807) is 6.33 Å². The summed E-state index contributed by atoms with van der Waals surface area (Å²) in [6.07, 6.45) is 2.42. The van der Waals surface area contributed by atoms with Crippen LogP contribution in [0.25, 0.3) is 0 Å². The van der Waals surface area contributed by atoms with Gasteiger partial charge >= 0.3 is 0 Å². The van der Waals surface area contributed by atoms with Crippen LogP contribution in [-0.2, 0) is 13.0 Å². The van der Waals surface area contributed by atoms with Crippen LogP contribution in [0.4, 0.5) is 0 Å². The van der Waals surface area contributed by atoms with Gasteiger partial charge in [0.2, 0.25) is 0 Å². The molecule has 1 heterocycles. The molecule has 1 aromatic carbocycles. The Morgan fingerprint density at radius 3 is 2.80 bits per heavy atom. The lowest BCUT2D eigenvalue weighted by atomic mass is 10.0. The van der Waals surface area contributed by atoms with E-state index < -0.39 is 0 Å². The van der Waals surface area contributed by atoms with Crippen LogP contribution in [0, 0.1) is 6.92 Å². The maximum Gasteiger partial charge on any atom is 0.138 e. The Morgan fingerprint density at radius 2 is 2.15 bits per heavy atom. The number of hydrogen-bond acceptors (Lipinski definition) is 3. The highest BCUT2D eigenvalue weighted by Crippen LogP contribution is 2.23. The van der Waals surface area contributed by atoms with Gasteiger partial charge in [0.05, 0.1) is 0 Å². The molecule has 0 aliphatic carbocycles. The van der Waals surface area contributed by atoms with Crippen LogP contribution >= 0.6 is 11.6 Å². The summed E-state index contributed by atoms with van der Waals surface area (Å²) in [7, 11) is 0. The molecule has 1 aromatic heterocycles. The molecule has 1 N–H and O–H groups in total. The van der Waals surface area contributed by atoms with Crippen LogP contribution in [0.15, 0.2) is 24.5 Å². The third-order valence-electron chi connectivity index (χ3n) is 3.43. The van der Waals surface area contributed by atoms with Crippen LogP contribution in [-0.4, -0.2) is 21.3 Å². The van der Waals surface area contributed by atoms with E-state index in [9.17, 15) is 0 Å². The van der Waals surface area contributed by atoms with Crippen LogP contribution in [0.3, 0.4) is 0 Å². The van der Waals surface area contributed by atoms with Crippen molar-refractivity contribution in [3.8, 4) is 0 Å². The zero-order chi connectivity index (χ0) is 14.5. The molecular formula is C15H21ClN4. The fourth-order valence-electron chi connectivity index (χ4n) is 2.27. The molecule has 0 aliphatic rings. The molecule has 2 aromatic rings. The fourth-order valence-corrected chi connectivity index (χ4v) is 2.46. The summed E-state index contributed by atoms with van der Waals surface area (Å²) in [5, 5.41) is 8.53. The van der Waals surface area contributed by atoms with Crippen molar-refractivity contribution in [3.05, 3.63) is 46.5 Å². The fraction of sp³-hybridized carbons (Fsp3) is 0.467. The van der Waals surface area contributed by atoms with Gasteiger partial charge in [0.25, 0.3) is 0 Å². The van der Waals surface area contributed by atoms with Gasteiger partial charge in [-0.2, -0.15) is 5.10 Å². The number of benzene rings is 1. The van der Waals surface area contributed by atoms with Crippen LogP contribution < -0.4 is 5.32 Å². The molecule has 0 fully saturated rings. The van der Waals surface area contributed by atoms with Crippen molar-refractivity contribution in [2.24, 2.45) is 0 Å². The van der Waals surface area contributed by atoms with Crippen molar-refractivity contribution in [1.82, 2.24) is 20.1 Å². The highest BCUT2D eigenvalue weighted by atomic mass is 35.5. The summed E-state index contributed by atoms with van der Waals surface area (Å²) in [6, 6.07) is 6.43. The molecule has 4 nitrogen and oxygen atoms in total. The van der Waals surface area contributed by atoms with Crippen molar-refractivity contribution in [2.75, 3.05) is 6.54 Å². The minimum Gasteiger partial charge on any atom is -0.310 e. The molecule has 0 bridgehead atoms. The quantitative estimate of drug-likeness (QED) is 0.889. The third-order valence-corrected chi connectivity index (χ3v) is 3.84. The molecule has 0 spiro atoms. The predicted molar refractivity (Wildman–Crippen MR) is 82.0 cm³/mol. The van der Waals surface area contributed by atoms with E-state index in [-0.39, 0.29) is 6.04 Å². The molecule has 0 radical (unpaired) electrons. The van der Waals surface area contributed by atoms with Crippen molar-refractivity contribution in [2.45, 2.75) is 39.8 Å². The minimum atomic E-state index is 0.201. The first-order valence-corrected chi connectivity index (χ1v) is 7.39. The maximum absolute atomic E-state index is 6.24. The van der Waals surface area contributed by atoms with Crippen molar-refractivity contribution in [3.63, 3.8) is 0 Å². The Kier molecular flexibility index (Phi) is 5.15. The van der Waals surface area contributed by atoms with Crippen molar-refractivity contribution < 1.29 is 0 Å². The summed E-state index contributed by atoms with van der Waals surface area (Å²) < 4.78 is 1.93. The number of aromatic nitrogens is 3. The zero-order valence-corrected chi connectivity index (χ0v) is 13.0. The third kappa shape index (κ3) is 3.38. The monoisotopic (exact) mass is 292 g/mol. The predicted octanol–water partition coefficient (Wildman–Crippen LogP) is 3.15. The lowest BCUT2D eigenvalue weighted by Gasteiger charge is -2.19. The van der Waals surface area contributed by atoms with Gasteiger partial charge in [0.1, 0.15) is 12.2 Å². The number of nitrogens with one attached hydrogen (secondary N) is 1. The molecule has 1 unspecified atom stereocenters. The average molecular weight is 293 g/mol. The van der Waals surface area contributed by atoms with E-state index in [0.29, 0.717) is 0 Å². The molecule has 20 heavy (non-hydrogen) atoms. The molecule has 2 rings (SSSR count). The van der Waals surface area contributed by atoms with Crippen LogP contribution in [0.2, 0.25) is 5.02 Å². The van der Waals surface area contributed by atoms with E-state index in [0.717, 1.165) is 35.9 Å². The number of halogens is 1. The van der Waals surface area contributed by atoms with Gasteiger partial charge in [-0.1, -0.05) is 30.7 Å². The number of hydrogen-bond donors (Lipinski definition) is 1.